The summed E-state index contributed by atoms with van der Waals surface area (Å²) in [5, 5.41) is 11.9. The average molecular weight is 132 g/mol. The Balaban J connectivity index is 2.95. The lowest BCUT2D eigenvalue weighted by Gasteiger charge is -2.09. The van der Waals surface area contributed by atoms with Gasteiger partial charge in [0.05, 0.1) is 0 Å². The number of rotatable bonds is 5. The van der Waals surface area contributed by atoms with Crippen molar-refractivity contribution < 1.29 is 5.11 Å². The number of aliphatic hydroxyl groups excluding tert-OH is 1. The zero-order chi connectivity index (χ0) is 7.11. The molecule has 0 aliphatic rings. The van der Waals surface area contributed by atoms with Crippen LogP contribution in [0.5, 0.6) is 0 Å². The molecule has 0 aromatic rings. The Kier molecular flexibility index (Phi) is 5.93. The highest BCUT2D eigenvalue weighted by Crippen LogP contribution is 1.89. The van der Waals surface area contributed by atoms with Gasteiger partial charge in [-0.2, -0.15) is 0 Å². The van der Waals surface area contributed by atoms with Crippen molar-refractivity contribution in [3.05, 3.63) is 0 Å². The maximum atomic E-state index is 9.01. The van der Waals surface area contributed by atoms with Crippen LogP contribution >= 0.6 is 0 Å². The zero-order valence-electron chi connectivity index (χ0n) is 5.93. The highest BCUT2D eigenvalue weighted by atomic mass is 16.3. The fourth-order valence-electron chi connectivity index (χ4n) is 0.625. The van der Waals surface area contributed by atoms with Gasteiger partial charge in [-0.3, -0.25) is 5.32 Å². The first-order valence-corrected chi connectivity index (χ1v) is 3.42. The van der Waals surface area contributed by atoms with Crippen LogP contribution in [0.25, 0.3) is 0 Å². The van der Waals surface area contributed by atoms with Crippen LogP contribution in [0.4, 0.5) is 0 Å². The highest BCUT2D eigenvalue weighted by molar-refractivity contribution is 4.51. The molecule has 0 amide bonds. The van der Waals surface area contributed by atoms with Gasteiger partial charge in [-0.15, -0.1) is 0 Å². The van der Waals surface area contributed by atoms with E-state index in [2.05, 4.69) is 5.32 Å². The molecular formula is C6H16N2O. The minimum Gasteiger partial charge on any atom is -0.379 e. The van der Waals surface area contributed by atoms with E-state index in [9.17, 15) is 0 Å². The fourth-order valence-corrected chi connectivity index (χ4v) is 0.625. The molecule has 56 valence electrons. The average Bonchev–Trinajstić information content (AvgIpc) is 1.85. The zero-order valence-corrected chi connectivity index (χ0v) is 5.93. The summed E-state index contributed by atoms with van der Waals surface area (Å²) in [4.78, 5) is 0. The smallest absolute Gasteiger partial charge is 0.104 e. The third kappa shape index (κ3) is 5.76. The van der Waals surface area contributed by atoms with Crippen LogP contribution in [0.2, 0.25) is 0 Å². The topological polar surface area (TPSA) is 58.3 Å². The number of aliphatic hydroxyl groups is 1. The lowest BCUT2D eigenvalue weighted by Crippen LogP contribution is -2.32. The van der Waals surface area contributed by atoms with Crippen LogP contribution in [0.1, 0.15) is 19.8 Å². The minimum atomic E-state index is -0.362. The predicted octanol–water partition coefficient (Wildman–Crippen LogP) is -0.347. The van der Waals surface area contributed by atoms with Crippen LogP contribution < -0.4 is 11.1 Å². The van der Waals surface area contributed by atoms with E-state index in [1.54, 1.807) is 0 Å². The SMILES string of the molecule is CCCC(O)NCCN. The Morgan fingerprint density at radius 3 is 2.78 bits per heavy atom. The highest BCUT2D eigenvalue weighted by Gasteiger charge is 1.97. The van der Waals surface area contributed by atoms with Crippen molar-refractivity contribution >= 4 is 0 Å². The van der Waals surface area contributed by atoms with Gasteiger partial charge in [0, 0.05) is 13.1 Å². The van der Waals surface area contributed by atoms with Crippen molar-refractivity contribution in [2.75, 3.05) is 13.1 Å². The summed E-state index contributed by atoms with van der Waals surface area (Å²) in [5.41, 5.74) is 5.20. The molecular weight excluding hydrogens is 116 g/mol. The summed E-state index contributed by atoms with van der Waals surface area (Å²) < 4.78 is 0. The van der Waals surface area contributed by atoms with Crippen molar-refractivity contribution in [1.82, 2.24) is 5.32 Å². The molecule has 0 rings (SSSR count). The van der Waals surface area contributed by atoms with Gasteiger partial charge < -0.3 is 10.8 Å². The van der Waals surface area contributed by atoms with Gasteiger partial charge in [0.1, 0.15) is 6.23 Å². The van der Waals surface area contributed by atoms with Crippen LogP contribution in [0, 0.1) is 0 Å². The second kappa shape index (κ2) is 6.01. The normalized spacial score (nSPS) is 13.7. The molecule has 0 spiro atoms. The molecule has 0 saturated carbocycles. The van der Waals surface area contributed by atoms with Crippen molar-refractivity contribution in [2.24, 2.45) is 5.73 Å². The minimum absolute atomic E-state index is 0.362. The molecule has 0 saturated heterocycles. The second-order valence-corrected chi connectivity index (χ2v) is 2.05. The van der Waals surface area contributed by atoms with Crippen molar-refractivity contribution in [3.63, 3.8) is 0 Å². The van der Waals surface area contributed by atoms with Gasteiger partial charge in [-0.1, -0.05) is 13.3 Å². The third-order valence-corrected chi connectivity index (χ3v) is 1.09. The molecule has 0 fully saturated rings. The quantitative estimate of drug-likeness (QED) is 0.448. The van der Waals surface area contributed by atoms with Gasteiger partial charge in [0.2, 0.25) is 0 Å². The first-order chi connectivity index (χ1) is 4.31. The number of hydrogen-bond acceptors (Lipinski definition) is 3. The van der Waals surface area contributed by atoms with E-state index < -0.39 is 0 Å². The van der Waals surface area contributed by atoms with Crippen molar-refractivity contribution in [3.8, 4) is 0 Å². The van der Waals surface area contributed by atoms with Crippen LogP contribution in [0.15, 0.2) is 0 Å². The van der Waals surface area contributed by atoms with E-state index in [0.717, 1.165) is 12.8 Å². The number of nitrogens with two attached hydrogens (primary N) is 1. The Labute approximate surface area is 56.2 Å². The van der Waals surface area contributed by atoms with E-state index in [-0.39, 0.29) is 6.23 Å². The maximum Gasteiger partial charge on any atom is 0.104 e. The van der Waals surface area contributed by atoms with Crippen molar-refractivity contribution in [1.29, 1.82) is 0 Å². The molecule has 3 heteroatoms. The van der Waals surface area contributed by atoms with E-state index in [4.69, 9.17) is 10.8 Å². The molecule has 0 heterocycles. The van der Waals surface area contributed by atoms with E-state index in [1.807, 2.05) is 6.92 Å². The predicted molar refractivity (Wildman–Crippen MR) is 38.0 cm³/mol. The number of nitrogens with one attached hydrogen (secondary N) is 1. The first-order valence-electron chi connectivity index (χ1n) is 3.42. The molecule has 1 unspecified atom stereocenters. The largest absolute Gasteiger partial charge is 0.379 e. The van der Waals surface area contributed by atoms with E-state index in [0.29, 0.717) is 13.1 Å². The molecule has 0 radical (unpaired) electrons. The molecule has 1 atom stereocenters. The maximum absolute atomic E-state index is 9.01. The third-order valence-electron chi connectivity index (χ3n) is 1.09. The van der Waals surface area contributed by atoms with E-state index in [1.165, 1.54) is 0 Å². The van der Waals surface area contributed by atoms with Gasteiger partial charge in [0.25, 0.3) is 0 Å². The lowest BCUT2D eigenvalue weighted by molar-refractivity contribution is 0.128. The molecule has 3 nitrogen and oxygen atoms in total. The van der Waals surface area contributed by atoms with E-state index >= 15 is 0 Å². The van der Waals surface area contributed by atoms with Gasteiger partial charge in [-0.05, 0) is 6.42 Å². The molecule has 0 bridgehead atoms. The Morgan fingerprint density at radius 1 is 1.67 bits per heavy atom. The van der Waals surface area contributed by atoms with Crippen LogP contribution in [-0.2, 0) is 0 Å². The Bertz CT molecular complexity index is 59.0. The molecule has 4 N–H and O–H groups in total. The molecule has 0 aliphatic heterocycles. The summed E-state index contributed by atoms with van der Waals surface area (Å²) >= 11 is 0. The molecule has 0 aromatic carbocycles. The van der Waals surface area contributed by atoms with Gasteiger partial charge in [0.15, 0.2) is 0 Å². The molecule has 9 heavy (non-hydrogen) atoms. The second-order valence-electron chi connectivity index (χ2n) is 2.05. The fraction of sp³-hybridized carbons (Fsp3) is 1.00. The standard InChI is InChI=1S/C6H16N2O/c1-2-3-6(9)8-5-4-7/h6,8-9H,2-5,7H2,1H3. The lowest BCUT2D eigenvalue weighted by atomic mass is 10.3. The Hall–Kier alpha value is -0.120. The summed E-state index contributed by atoms with van der Waals surface area (Å²) in [6.07, 6.45) is 1.44. The van der Waals surface area contributed by atoms with Gasteiger partial charge >= 0.3 is 0 Å². The molecule has 0 aromatic heterocycles. The van der Waals surface area contributed by atoms with Gasteiger partial charge in [-0.25, -0.2) is 0 Å². The van der Waals surface area contributed by atoms with Crippen molar-refractivity contribution in [2.45, 2.75) is 26.0 Å². The summed E-state index contributed by atoms with van der Waals surface area (Å²) in [5.74, 6) is 0. The monoisotopic (exact) mass is 132 g/mol. The summed E-state index contributed by atoms with van der Waals surface area (Å²) in [6.45, 7) is 3.31. The number of hydrogen-bond donors (Lipinski definition) is 3. The van der Waals surface area contributed by atoms with Crippen LogP contribution in [0.3, 0.4) is 0 Å². The molecule has 0 aliphatic carbocycles. The van der Waals surface area contributed by atoms with Crippen LogP contribution in [-0.4, -0.2) is 24.4 Å². The summed E-state index contributed by atoms with van der Waals surface area (Å²) in [7, 11) is 0. The summed E-state index contributed by atoms with van der Waals surface area (Å²) in [6, 6.07) is 0. The Morgan fingerprint density at radius 2 is 2.33 bits per heavy atom. The first kappa shape index (κ1) is 8.88.